The zero-order chi connectivity index (χ0) is 22.3. The number of hydrogen-bond donors (Lipinski definition) is 1. The van der Waals surface area contributed by atoms with Crippen LogP contribution in [0, 0.1) is 0 Å². The van der Waals surface area contributed by atoms with Gasteiger partial charge in [0, 0.05) is 12.2 Å². The van der Waals surface area contributed by atoms with Crippen molar-refractivity contribution in [2.45, 2.75) is 57.0 Å². The number of nitrogens with zero attached hydrogens (tertiary/aromatic N) is 4. The van der Waals surface area contributed by atoms with Crippen LogP contribution in [0.5, 0.6) is 0 Å². The van der Waals surface area contributed by atoms with E-state index in [4.69, 9.17) is 0 Å². The highest BCUT2D eigenvalue weighted by atomic mass is 32.2. The molecule has 1 amide bonds. The lowest BCUT2D eigenvalue weighted by Gasteiger charge is -2.23. The minimum absolute atomic E-state index is 0.0873. The molecular formula is C20H28F3N5OS. The van der Waals surface area contributed by atoms with Crippen LogP contribution in [0.3, 0.4) is 0 Å². The summed E-state index contributed by atoms with van der Waals surface area (Å²) in [6, 6.07) is 4.52. The Labute approximate surface area is 179 Å². The predicted octanol–water partition coefficient (Wildman–Crippen LogP) is 4.84. The van der Waals surface area contributed by atoms with Gasteiger partial charge in [-0.3, -0.25) is 9.69 Å². The maximum absolute atomic E-state index is 12.6. The van der Waals surface area contributed by atoms with Crippen molar-refractivity contribution in [2.75, 3.05) is 25.2 Å². The van der Waals surface area contributed by atoms with Gasteiger partial charge in [-0.15, -0.1) is 10.2 Å². The SMILES string of the molecule is CCCCn1c(SCC(=O)Nc2ccc(C(F)(F)F)cc2)nnc1C(CC)N(C)C. The second-order valence-corrected chi connectivity index (χ2v) is 8.09. The van der Waals surface area contributed by atoms with Gasteiger partial charge in [0.25, 0.3) is 0 Å². The van der Waals surface area contributed by atoms with Crippen molar-refractivity contribution in [3.63, 3.8) is 0 Å². The van der Waals surface area contributed by atoms with Crippen LogP contribution in [0.1, 0.15) is 50.5 Å². The summed E-state index contributed by atoms with van der Waals surface area (Å²) in [5.41, 5.74) is -0.432. The van der Waals surface area contributed by atoms with Crippen molar-refractivity contribution in [3.05, 3.63) is 35.7 Å². The van der Waals surface area contributed by atoms with E-state index in [9.17, 15) is 18.0 Å². The quantitative estimate of drug-likeness (QED) is 0.533. The van der Waals surface area contributed by atoms with E-state index < -0.39 is 11.7 Å². The third-order valence-corrected chi connectivity index (χ3v) is 5.58. The lowest BCUT2D eigenvalue weighted by atomic mass is 10.2. The Morgan fingerprint density at radius 2 is 1.87 bits per heavy atom. The van der Waals surface area contributed by atoms with Crippen LogP contribution in [0.15, 0.2) is 29.4 Å². The van der Waals surface area contributed by atoms with Crippen molar-refractivity contribution >= 4 is 23.4 Å². The molecule has 2 aromatic rings. The molecule has 1 unspecified atom stereocenters. The van der Waals surface area contributed by atoms with Gasteiger partial charge in [0.1, 0.15) is 0 Å². The highest BCUT2D eigenvalue weighted by Crippen LogP contribution is 2.30. The lowest BCUT2D eigenvalue weighted by Crippen LogP contribution is -2.23. The zero-order valence-electron chi connectivity index (χ0n) is 17.7. The van der Waals surface area contributed by atoms with Crippen LogP contribution in [0.4, 0.5) is 18.9 Å². The molecule has 0 aliphatic carbocycles. The Morgan fingerprint density at radius 1 is 1.20 bits per heavy atom. The van der Waals surface area contributed by atoms with Gasteiger partial charge in [-0.05, 0) is 51.2 Å². The van der Waals surface area contributed by atoms with Gasteiger partial charge in [0.15, 0.2) is 11.0 Å². The highest BCUT2D eigenvalue weighted by molar-refractivity contribution is 7.99. The molecular weight excluding hydrogens is 415 g/mol. The number of halogens is 3. The van der Waals surface area contributed by atoms with Gasteiger partial charge >= 0.3 is 6.18 Å². The fourth-order valence-corrected chi connectivity index (χ4v) is 3.80. The number of nitrogens with one attached hydrogen (secondary N) is 1. The first-order valence-corrected chi connectivity index (χ1v) is 10.8. The van der Waals surface area contributed by atoms with E-state index in [1.807, 2.05) is 14.1 Å². The van der Waals surface area contributed by atoms with E-state index in [1.54, 1.807) is 0 Å². The van der Waals surface area contributed by atoms with Gasteiger partial charge in [-0.1, -0.05) is 32.0 Å². The fraction of sp³-hybridized carbons (Fsp3) is 0.550. The number of carbonyl (C=O) groups is 1. The largest absolute Gasteiger partial charge is 0.416 e. The molecule has 2 rings (SSSR count). The van der Waals surface area contributed by atoms with Gasteiger partial charge < -0.3 is 9.88 Å². The average molecular weight is 444 g/mol. The number of anilines is 1. The number of unbranched alkanes of at least 4 members (excludes halogenated alkanes) is 1. The molecule has 0 fully saturated rings. The minimum Gasteiger partial charge on any atom is -0.325 e. The van der Waals surface area contributed by atoms with E-state index in [1.165, 1.54) is 23.9 Å². The molecule has 0 spiro atoms. The molecule has 0 bridgehead atoms. The third-order valence-electron chi connectivity index (χ3n) is 4.62. The van der Waals surface area contributed by atoms with Gasteiger partial charge in [0.2, 0.25) is 5.91 Å². The van der Waals surface area contributed by atoms with Crippen LogP contribution in [0.2, 0.25) is 0 Å². The summed E-state index contributed by atoms with van der Waals surface area (Å²) in [5, 5.41) is 11.9. The fourth-order valence-electron chi connectivity index (χ4n) is 3.03. The second kappa shape index (κ2) is 10.8. The molecule has 0 saturated carbocycles. The number of alkyl halides is 3. The Balaban J connectivity index is 2.05. The summed E-state index contributed by atoms with van der Waals surface area (Å²) in [5.74, 6) is 0.650. The van der Waals surface area contributed by atoms with Crippen LogP contribution >= 0.6 is 11.8 Å². The molecule has 10 heteroatoms. The first kappa shape index (κ1) is 24.2. The molecule has 1 N–H and O–H groups in total. The topological polar surface area (TPSA) is 63.1 Å². The van der Waals surface area contributed by atoms with Crippen molar-refractivity contribution in [3.8, 4) is 0 Å². The molecule has 0 aliphatic heterocycles. The summed E-state index contributed by atoms with van der Waals surface area (Å²) in [4.78, 5) is 14.4. The lowest BCUT2D eigenvalue weighted by molar-refractivity contribution is -0.137. The van der Waals surface area contributed by atoms with Crippen molar-refractivity contribution in [1.82, 2.24) is 19.7 Å². The standard InChI is InChI=1S/C20H28F3N5OS/c1-5-7-12-28-18(16(6-2)27(3)4)25-26-19(28)30-13-17(29)24-15-10-8-14(9-11-15)20(21,22)23/h8-11,16H,5-7,12-13H2,1-4H3,(H,24,29). The molecule has 0 aliphatic rings. The number of amides is 1. The van der Waals surface area contributed by atoms with E-state index in [0.717, 1.165) is 43.8 Å². The van der Waals surface area contributed by atoms with Crippen molar-refractivity contribution in [1.29, 1.82) is 0 Å². The summed E-state index contributed by atoms with van der Waals surface area (Å²) >= 11 is 1.27. The maximum Gasteiger partial charge on any atom is 0.416 e. The first-order chi connectivity index (χ1) is 14.2. The molecule has 6 nitrogen and oxygen atoms in total. The Kier molecular flexibility index (Phi) is 8.72. The van der Waals surface area contributed by atoms with Gasteiger partial charge in [-0.25, -0.2) is 0 Å². The van der Waals surface area contributed by atoms with E-state index in [-0.39, 0.29) is 17.7 Å². The number of hydrogen-bond acceptors (Lipinski definition) is 5. The normalized spacial score (nSPS) is 12.9. The van der Waals surface area contributed by atoms with Crippen LogP contribution in [0.25, 0.3) is 0 Å². The summed E-state index contributed by atoms with van der Waals surface area (Å²) in [6.07, 6.45) is -1.52. The Hall–Kier alpha value is -2.07. The minimum atomic E-state index is -4.40. The van der Waals surface area contributed by atoms with Crippen molar-refractivity contribution in [2.24, 2.45) is 0 Å². The monoisotopic (exact) mass is 443 g/mol. The molecule has 1 atom stereocenters. The van der Waals surface area contributed by atoms with E-state index in [0.29, 0.717) is 10.8 Å². The predicted molar refractivity (Wildman–Crippen MR) is 112 cm³/mol. The van der Waals surface area contributed by atoms with Crippen LogP contribution in [-0.2, 0) is 17.5 Å². The van der Waals surface area contributed by atoms with Gasteiger partial charge in [-0.2, -0.15) is 13.2 Å². The number of aromatic nitrogens is 3. The third kappa shape index (κ3) is 6.46. The molecule has 0 radical (unpaired) electrons. The summed E-state index contributed by atoms with van der Waals surface area (Å²) in [7, 11) is 3.99. The van der Waals surface area contributed by atoms with E-state index >= 15 is 0 Å². The Morgan fingerprint density at radius 3 is 2.40 bits per heavy atom. The van der Waals surface area contributed by atoms with Crippen LogP contribution < -0.4 is 5.32 Å². The zero-order valence-corrected chi connectivity index (χ0v) is 18.5. The number of carbonyl (C=O) groups excluding carboxylic acids is 1. The summed E-state index contributed by atoms with van der Waals surface area (Å²) in [6.45, 7) is 4.97. The molecule has 166 valence electrons. The van der Waals surface area contributed by atoms with E-state index in [2.05, 4.69) is 38.8 Å². The number of thioether (sulfide) groups is 1. The summed E-state index contributed by atoms with van der Waals surface area (Å²) < 4.78 is 40.0. The maximum atomic E-state index is 12.6. The van der Waals surface area contributed by atoms with Gasteiger partial charge in [0.05, 0.1) is 17.4 Å². The van der Waals surface area contributed by atoms with Crippen molar-refractivity contribution < 1.29 is 18.0 Å². The number of rotatable bonds is 10. The highest BCUT2D eigenvalue weighted by Gasteiger charge is 2.30. The smallest absolute Gasteiger partial charge is 0.325 e. The average Bonchev–Trinajstić information content (AvgIpc) is 3.07. The molecule has 30 heavy (non-hydrogen) atoms. The second-order valence-electron chi connectivity index (χ2n) is 7.15. The molecule has 1 heterocycles. The Bertz CT molecular complexity index is 821. The number of benzene rings is 1. The molecule has 1 aromatic heterocycles. The molecule has 0 saturated heterocycles. The van der Waals surface area contributed by atoms with Crippen LogP contribution in [-0.4, -0.2) is 45.4 Å². The molecule has 1 aromatic carbocycles. The first-order valence-electron chi connectivity index (χ1n) is 9.86.